The lowest BCUT2D eigenvalue weighted by Gasteiger charge is -2.28. The molecule has 0 unspecified atom stereocenters. The number of nitrogens with zero attached hydrogens (tertiary/aromatic N) is 2. The molecule has 0 radical (unpaired) electrons. The van der Waals surface area contributed by atoms with Gasteiger partial charge in [-0.1, -0.05) is 15.9 Å². The summed E-state index contributed by atoms with van der Waals surface area (Å²) in [6.07, 6.45) is 0. The van der Waals surface area contributed by atoms with Crippen molar-refractivity contribution < 1.29 is 14.5 Å². The van der Waals surface area contributed by atoms with Gasteiger partial charge in [-0.3, -0.25) is 20.2 Å². The van der Waals surface area contributed by atoms with Gasteiger partial charge in [0.1, 0.15) is 5.69 Å². The van der Waals surface area contributed by atoms with E-state index in [-0.39, 0.29) is 16.4 Å². The van der Waals surface area contributed by atoms with E-state index in [1.165, 1.54) is 6.07 Å². The molecule has 8 nitrogen and oxygen atoms in total. The van der Waals surface area contributed by atoms with Crippen molar-refractivity contribution >= 4 is 56.2 Å². The molecule has 1 amide bonds. The summed E-state index contributed by atoms with van der Waals surface area (Å²) < 4.78 is 6.20. The molecule has 0 aliphatic carbocycles. The number of anilines is 2. The topological polar surface area (TPSA) is 96.7 Å². The largest absolute Gasteiger partial charge is 0.378 e. The number of thiocarbonyl (C=S) groups is 1. The van der Waals surface area contributed by atoms with Crippen LogP contribution in [0.2, 0.25) is 0 Å². The van der Waals surface area contributed by atoms with Crippen LogP contribution in [0.3, 0.4) is 0 Å². The zero-order valence-electron chi connectivity index (χ0n) is 14.7. The van der Waals surface area contributed by atoms with Crippen LogP contribution in [0.15, 0.2) is 46.9 Å². The highest BCUT2D eigenvalue weighted by Crippen LogP contribution is 2.30. The van der Waals surface area contributed by atoms with Crippen molar-refractivity contribution in [3.8, 4) is 0 Å². The van der Waals surface area contributed by atoms with Crippen LogP contribution in [0.1, 0.15) is 10.4 Å². The summed E-state index contributed by atoms with van der Waals surface area (Å²) in [5, 5.41) is 17.0. The maximum Gasteiger partial charge on any atom is 0.293 e. The highest BCUT2D eigenvalue weighted by molar-refractivity contribution is 9.10. The number of nitro groups is 1. The van der Waals surface area contributed by atoms with E-state index in [0.29, 0.717) is 37.7 Å². The standard InChI is InChI=1S/C18H17BrN4O4S/c19-13-2-4-14(5-3-13)20-18(28)21-17(24)12-1-6-15(16(11-12)23(25)26)22-7-9-27-10-8-22/h1-6,11H,7-10H2,(H2,20,21,24,28). The van der Waals surface area contributed by atoms with Crippen LogP contribution >= 0.6 is 28.1 Å². The number of hydrogen-bond acceptors (Lipinski definition) is 6. The van der Waals surface area contributed by atoms with Crippen molar-refractivity contribution in [3.63, 3.8) is 0 Å². The molecule has 2 aromatic rings. The number of morpholine rings is 1. The zero-order valence-corrected chi connectivity index (χ0v) is 17.1. The number of amides is 1. The Morgan fingerprint density at radius 1 is 1.18 bits per heavy atom. The van der Waals surface area contributed by atoms with Crippen LogP contribution in [-0.2, 0) is 4.74 Å². The molecule has 28 heavy (non-hydrogen) atoms. The molecule has 0 atom stereocenters. The third kappa shape index (κ3) is 5.03. The summed E-state index contributed by atoms with van der Waals surface area (Å²) in [4.78, 5) is 25.4. The fourth-order valence-corrected chi connectivity index (χ4v) is 3.23. The van der Waals surface area contributed by atoms with Crippen molar-refractivity contribution in [3.05, 3.63) is 62.6 Å². The van der Waals surface area contributed by atoms with Crippen LogP contribution in [0.4, 0.5) is 17.1 Å². The summed E-state index contributed by atoms with van der Waals surface area (Å²) in [5.74, 6) is -0.522. The van der Waals surface area contributed by atoms with Crippen molar-refractivity contribution in [2.24, 2.45) is 0 Å². The lowest BCUT2D eigenvalue weighted by molar-refractivity contribution is -0.384. The number of carbonyl (C=O) groups is 1. The van der Waals surface area contributed by atoms with Gasteiger partial charge in [-0.25, -0.2) is 0 Å². The lowest BCUT2D eigenvalue weighted by atomic mass is 10.1. The Bertz CT molecular complexity index is 901. The molecule has 0 spiro atoms. The lowest BCUT2D eigenvalue weighted by Crippen LogP contribution is -2.37. The molecule has 0 saturated carbocycles. The van der Waals surface area contributed by atoms with Crippen molar-refractivity contribution in [1.82, 2.24) is 5.32 Å². The average molecular weight is 465 g/mol. The van der Waals surface area contributed by atoms with Crippen LogP contribution < -0.4 is 15.5 Å². The van der Waals surface area contributed by atoms with E-state index in [4.69, 9.17) is 17.0 Å². The molecule has 3 rings (SSSR count). The highest BCUT2D eigenvalue weighted by Gasteiger charge is 2.23. The minimum absolute atomic E-state index is 0.104. The van der Waals surface area contributed by atoms with E-state index in [2.05, 4.69) is 26.6 Å². The van der Waals surface area contributed by atoms with Gasteiger partial charge in [0.15, 0.2) is 5.11 Å². The number of nitrogens with one attached hydrogen (secondary N) is 2. The normalized spacial score (nSPS) is 13.7. The Balaban J connectivity index is 1.72. The molecule has 2 N–H and O–H groups in total. The fourth-order valence-electron chi connectivity index (χ4n) is 2.75. The smallest absolute Gasteiger partial charge is 0.293 e. The molecule has 0 bridgehead atoms. The SMILES string of the molecule is O=C(NC(=S)Nc1ccc(Br)cc1)c1ccc(N2CCOCC2)c([N+](=O)[O-])c1. The molecule has 146 valence electrons. The number of rotatable bonds is 4. The van der Waals surface area contributed by atoms with Crippen molar-refractivity contribution in [1.29, 1.82) is 0 Å². The third-order valence-corrected chi connectivity index (χ3v) is 4.85. The first-order valence-electron chi connectivity index (χ1n) is 8.43. The third-order valence-electron chi connectivity index (χ3n) is 4.12. The first-order valence-corrected chi connectivity index (χ1v) is 9.63. The quantitative estimate of drug-likeness (QED) is 0.406. The minimum atomic E-state index is -0.522. The first-order chi connectivity index (χ1) is 13.4. The molecule has 1 heterocycles. The number of benzene rings is 2. The Hall–Kier alpha value is -2.56. The van der Waals surface area contributed by atoms with Crippen LogP contribution in [0.25, 0.3) is 0 Å². The molecule has 2 aromatic carbocycles. The first kappa shape index (κ1) is 20.2. The summed E-state index contributed by atoms with van der Waals surface area (Å²) in [6, 6.07) is 11.7. The molecular weight excluding hydrogens is 448 g/mol. The van der Waals surface area contributed by atoms with E-state index in [1.54, 1.807) is 24.3 Å². The summed E-state index contributed by atoms with van der Waals surface area (Å²) in [7, 11) is 0. The molecule has 0 aromatic heterocycles. The average Bonchev–Trinajstić information content (AvgIpc) is 2.69. The second-order valence-electron chi connectivity index (χ2n) is 5.98. The monoisotopic (exact) mass is 464 g/mol. The van der Waals surface area contributed by atoms with Crippen LogP contribution in [-0.4, -0.2) is 42.2 Å². The van der Waals surface area contributed by atoms with Gasteiger partial charge in [0.2, 0.25) is 0 Å². The molecule has 1 saturated heterocycles. The van der Waals surface area contributed by atoms with Crippen molar-refractivity contribution in [2.75, 3.05) is 36.5 Å². The van der Waals surface area contributed by atoms with E-state index in [9.17, 15) is 14.9 Å². The predicted molar refractivity (Wildman–Crippen MR) is 114 cm³/mol. The predicted octanol–water partition coefficient (Wildman–Crippen LogP) is 3.32. The van der Waals surface area contributed by atoms with Crippen LogP contribution in [0.5, 0.6) is 0 Å². The molecule has 10 heteroatoms. The summed E-state index contributed by atoms with van der Waals surface area (Å²) in [6.45, 7) is 2.14. The second-order valence-corrected chi connectivity index (χ2v) is 7.30. The van der Waals surface area contributed by atoms with Gasteiger partial charge < -0.3 is 15.0 Å². The highest BCUT2D eigenvalue weighted by atomic mass is 79.9. The zero-order chi connectivity index (χ0) is 20.1. The Morgan fingerprint density at radius 2 is 1.86 bits per heavy atom. The van der Waals surface area contributed by atoms with E-state index < -0.39 is 10.8 Å². The van der Waals surface area contributed by atoms with Gasteiger partial charge in [-0.2, -0.15) is 0 Å². The number of carbonyl (C=O) groups excluding carboxylic acids is 1. The number of hydrogen-bond donors (Lipinski definition) is 2. The molecule has 1 fully saturated rings. The summed E-state index contributed by atoms with van der Waals surface area (Å²) >= 11 is 8.49. The van der Waals surface area contributed by atoms with E-state index in [0.717, 1.165) is 4.47 Å². The molecular formula is C18H17BrN4O4S. The maximum atomic E-state index is 12.5. The Labute approximate surface area is 175 Å². The number of halogens is 1. The Kier molecular flexibility index (Phi) is 6.55. The van der Waals surface area contributed by atoms with Gasteiger partial charge >= 0.3 is 0 Å². The van der Waals surface area contributed by atoms with Crippen LogP contribution in [0, 0.1) is 10.1 Å². The second kappa shape index (κ2) is 9.09. The minimum Gasteiger partial charge on any atom is -0.378 e. The van der Waals surface area contributed by atoms with Crippen molar-refractivity contribution in [2.45, 2.75) is 0 Å². The number of ether oxygens (including phenoxy) is 1. The molecule has 1 aliphatic heterocycles. The maximum absolute atomic E-state index is 12.5. The Morgan fingerprint density at radius 3 is 2.50 bits per heavy atom. The van der Waals surface area contributed by atoms with Gasteiger partial charge in [-0.05, 0) is 48.6 Å². The van der Waals surface area contributed by atoms with Gasteiger partial charge in [0, 0.05) is 34.9 Å². The van der Waals surface area contributed by atoms with E-state index in [1.807, 2.05) is 17.0 Å². The number of nitro benzene ring substituents is 1. The van der Waals surface area contributed by atoms with Gasteiger partial charge in [0.05, 0.1) is 18.1 Å². The molecule has 1 aliphatic rings. The fraction of sp³-hybridized carbons (Fsp3) is 0.222. The summed E-state index contributed by atoms with van der Waals surface area (Å²) in [5.41, 5.74) is 1.22. The van der Waals surface area contributed by atoms with E-state index >= 15 is 0 Å². The van der Waals surface area contributed by atoms with Gasteiger partial charge in [0.25, 0.3) is 11.6 Å². The van der Waals surface area contributed by atoms with Gasteiger partial charge in [-0.15, -0.1) is 0 Å².